The summed E-state index contributed by atoms with van der Waals surface area (Å²) in [5.74, 6) is 1.35. The van der Waals surface area contributed by atoms with E-state index in [-0.39, 0.29) is 5.54 Å². The van der Waals surface area contributed by atoms with Gasteiger partial charge in [0.25, 0.3) is 0 Å². The maximum Gasteiger partial charge on any atom is 0.222 e. The molecule has 1 aliphatic carbocycles. The minimum absolute atomic E-state index is 0.243. The first-order chi connectivity index (χ1) is 8.04. The van der Waals surface area contributed by atoms with Crippen LogP contribution in [0.1, 0.15) is 51.0 Å². The summed E-state index contributed by atoms with van der Waals surface area (Å²) < 4.78 is 0. The lowest BCUT2D eigenvalue weighted by molar-refractivity contribution is 0.547. The number of nitrogens with one attached hydrogen (secondary N) is 1. The Morgan fingerprint density at radius 2 is 1.88 bits per heavy atom. The van der Waals surface area contributed by atoms with Gasteiger partial charge in [0.1, 0.15) is 0 Å². The van der Waals surface area contributed by atoms with Gasteiger partial charge in [0.05, 0.1) is 0 Å². The molecule has 0 spiro atoms. The third-order valence-electron chi connectivity index (χ3n) is 3.20. The Morgan fingerprint density at radius 3 is 2.41 bits per heavy atom. The second kappa shape index (κ2) is 5.00. The number of rotatable bonds is 4. The standard InChI is InChI=1S/C13H22N4/c1-13(2,14)9-17-12-15-7-11(8-16-12)10-5-3-4-6-10/h7-8,10H,3-6,9,14H2,1-2H3,(H,15,16,17). The molecule has 0 radical (unpaired) electrons. The van der Waals surface area contributed by atoms with E-state index in [0.717, 1.165) is 0 Å². The number of nitrogens with zero attached hydrogens (tertiary/aromatic N) is 2. The molecule has 1 heterocycles. The molecule has 94 valence electrons. The van der Waals surface area contributed by atoms with Crippen molar-refractivity contribution in [1.82, 2.24) is 9.97 Å². The molecule has 4 nitrogen and oxygen atoms in total. The summed E-state index contributed by atoms with van der Waals surface area (Å²) in [5, 5.41) is 3.16. The highest BCUT2D eigenvalue weighted by atomic mass is 15.1. The van der Waals surface area contributed by atoms with Crippen molar-refractivity contribution in [3.05, 3.63) is 18.0 Å². The summed E-state index contributed by atoms with van der Waals surface area (Å²) in [6.45, 7) is 4.63. The molecule has 1 fully saturated rings. The van der Waals surface area contributed by atoms with Gasteiger partial charge < -0.3 is 11.1 Å². The summed E-state index contributed by atoms with van der Waals surface area (Å²) in [5.41, 5.74) is 6.93. The van der Waals surface area contributed by atoms with Crippen molar-refractivity contribution < 1.29 is 0 Å². The van der Waals surface area contributed by atoms with E-state index < -0.39 is 0 Å². The molecular weight excluding hydrogens is 212 g/mol. The van der Waals surface area contributed by atoms with E-state index in [2.05, 4.69) is 15.3 Å². The average Bonchev–Trinajstić information content (AvgIpc) is 2.79. The van der Waals surface area contributed by atoms with Crippen molar-refractivity contribution in [3.8, 4) is 0 Å². The highest BCUT2D eigenvalue weighted by Crippen LogP contribution is 2.33. The van der Waals surface area contributed by atoms with Crippen LogP contribution in [0.2, 0.25) is 0 Å². The van der Waals surface area contributed by atoms with Gasteiger partial charge in [-0.25, -0.2) is 9.97 Å². The molecule has 0 amide bonds. The largest absolute Gasteiger partial charge is 0.352 e. The van der Waals surface area contributed by atoms with Gasteiger partial charge in [-0.2, -0.15) is 0 Å². The number of hydrogen-bond donors (Lipinski definition) is 2. The van der Waals surface area contributed by atoms with Crippen molar-refractivity contribution in [2.24, 2.45) is 5.73 Å². The van der Waals surface area contributed by atoms with Gasteiger partial charge in [-0.1, -0.05) is 12.8 Å². The molecule has 17 heavy (non-hydrogen) atoms. The topological polar surface area (TPSA) is 63.8 Å². The first-order valence-corrected chi connectivity index (χ1v) is 6.39. The minimum atomic E-state index is -0.243. The van der Waals surface area contributed by atoms with Crippen LogP contribution in [0.4, 0.5) is 5.95 Å². The van der Waals surface area contributed by atoms with Gasteiger partial charge in [0, 0.05) is 24.5 Å². The van der Waals surface area contributed by atoms with Gasteiger partial charge in [0.2, 0.25) is 5.95 Å². The molecule has 1 aliphatic rings. The molecule has 1 aromatic heterocycles. The fourth-order valence-corrected chi connectivity index (χ4v) is 2.21. The fourth-order valence-electron chi connectivity index (χ4n) is 2.21. The van der Waals surface area contributed by atoms with Crippen molar-refractivity contribution >= 4 is 5.95 Å². The van der Waals surface area contributed by atoms with E-state index in [1.165, 1.54) is 31.2 Å². The van der Waals surface area contributed by atoms with E-state index in [4.69, 9.17) is 5.73 Å². The van der Waals surface area contributed by atoms with Crippen LogP contribution in [-0.2, 0) is 0 Å². The van der Waals surface area contributed by atoms with Crippen LogP contribution in [-0.4, -0.2) is 22.1 Å². The summed E-state index contributed by atoms with van der Waals surface area (Å²) in [6, 6.07) is 0. The Kier molecular flexibility index (Phi) is 3.62. The summed E-state index contributed by atoms with van der Waals surface area (Å²) in [7, 11) is 0. The maximum atomic E-state index is 5.89. The lowest BCUT2D eigenvalue weighted by Crippen LogP contribution is -2.39. The number of hydrogen-bond acceptors (Lipinski definition) is 4. The van der Waals surface area contributed by atoms with Crippen molar-refractivity contribution in [3.63, 3.8) is 0 Å². The monoisotopic (exact) mass is 234 g/mol. The molecule has 1 saturated carbocycles. The maximum absolute atomic E-state index is 5.89. The third-order valence-corrected chi connectivity index (χ3v) is 3.20. The van der Waals surface area contributed by atoms with Gasteiger partial charge in [-0.15, -0.1) is 0 Å². The quantitative estimate of drug-likeness (QED) is 0.839. The van der Waals surface area contributed by atoms with Gasteiger partial charge >= 0.3 is 0 Å². The lowest BCUT2D eigenvalue weighted by atomic mass is 10.0. The molecule has 4 heteroatoms. The van der Waals surface area contributed by atoms with E-state index in [1.807, 2.05) is 26.2 Å². The summed E-state index contributed by atoms with van der Waals surface area (Å²) in [4.78, 5) is 8.70. The molecule has 0 aliphatic heterocycles. The second-order valence-electron chi connectivity index (χ2n) is 5.66. The third kappa shape index (κ3) is 3.66. The predicted octanol–water partition coefficient (Wildman–Crippen LogP) is 2.28. The summed E-state index contributed by atoms with van der Waals surface area (Å²) in [6.07, 6.45) is 9.15. The molecular formula is C13H22N4. The Balaban J connectivity index is 1.93. The summed E-state index contributed by atoms with van der Waals surface area (Å²) >= 11 is 0. The SMILES string of the molecule is CC(C)(N)CNc1ncc(C2CCCC2)cn1. The second-order valence-corrected chi connectivity index (χ2v) is 5.66. The molecule has 0 saturated heterocycles. The number of nitrogens with two attached hydrogens (primary N) is 1. The number of aromatic nitrogens is 2. The predicted molar refractivity (Wildman–Crippen MR) is 70.0 cm³/mol. The lowest BCUT2D eigenvalue weighted by Gasteiger charge is -2.19. The number of anilines is 1. The Hall–Kier alpha value is -1.16. The van der Waals surface area contributed by atoms with Crippen LogP contribution in [0.25, 0.3) is 0 Å². The van der Waals surface area contributed by atoms with Crippen LogP contribution < -0.4 is 11.1 Å². The highest BCUT2D eigenvalue weighted by Gasteiger charge is 2.17. The first-order valence-electron chi connectivity index (χ1n) is 6.39. The van der Waals surface area contributed by atoms with E-state index >= 15 is 0 Å². The Bertz CT molecular complexity index is 347. The normalized spacial score (nSPS) is 17.4. The first kappa shape index (κ1) is 12.3. The molecule has 0 aromatic carbocycles. The minimum Gasteiger partial charge on any atom is -0.352 e. The Labute approximate surface area is 103 Å². The molecule has 0 unspecified atom stereocenters. The zero-order valence-electron chi connectivity index (χ0n) is 10.7. The van der Waals surface area contributed by atoms with Crippen molar-refractivity contribution in [2.75, 3.05) is 11.9 Å². The zero-order valence-corrected chi connectivity index (χ0v) is 10.7. The van der Waals surface area contributed by atoms with Gasteiger partial charge in [0.15, 0.2) is 0 Å². The van der Waals surface area contributed by atoms with Gasteiger partial charge in [-0.05, 0) is 38.2 Å². The fraction of sp³-hybridized carbons (Fsp3) is 0.692. The van der Waals surface area contributed by atoms with Crippen molar-refractivity contribution in [2.45, 2.75) is 51.0 Å². The van der Waals surface area contributed by atoms with Gasteiger partial charge in [-0.3, -0.25) is 0 Å². The molecule has 0 atom stereocenters. The van der Waals surface area contributed by atoms with Crippen molar-refractivity contribution in [1.29, 1.82) is 0 Å². The highest BCUT2D eigenvalue weighted by molar-refractivity contribution is 5.27. The smallest absolute Gasteiger partial charge is 0.222 e. The van der Waals surface area contributed by atoms with Crippen LogP contribution >= 0.6 is 0 Å². The zero-order chi connectivity index (χ0) is 12.3. The van der Waals surface area contributed by atoms with E-state index in [0.29, 0.717) is 18.4 Å². The van der Waals surface area contributed by atoms with E-state index in [1.54, 1.807) is 0 Å². The molecule has 1 aromatic rings. The van der Waals surface area contributed by atoms with E-state index in [9.17, 15) is 0 Å². The van der Waals surface area contributed by atoms with Crippen LogP contribution in [0.3, 0.4) is 0 Å². The Morgan fingerprint density at radius 1 is 1.29 bits per heavy atom. The van der Waals surface area contributed by atoms with Crippen LogP contribution in [0.15, 0.2) is 12.4 Å². The van der Waals surface area contributed by atoms with Crippen LogP contribution in [0.5, 0.6) is 0 Å². The molecule has 2 rings (SSSR count). The van der Waals surface area contributed by atoms with Crippen LogP contribution in [0, 0.1) is 0 Å². The average molecular weight is 234 g/mol. The molecule has 3 N–H and O–H groups in total. The molecule has 0 bridgehead atoms.